The van der Waals surface area contributed by atoms with Crippen LogP contribution in [-0.2, 0) is 9.53 Å². The van der Waals surface area contributed by atoms with Crippen LogP contribution in [0.2, 0.25) is 0 Å². The van der Waals surface area contributed by atoms with Gasteiger partial charge in [0.1, 0.15) is 0 Å². The van der Waals surface area contributed by atoms with Gasteiger partial charge in [-0.1, -0.05) is 0 Å². The molecule has 0 bridgehead atoms. The maximum atomic E-state index is 12.1. The van der Waals surface area contributed by atoms with Crippen molar-refractivity contribution in [2.24, 2.45) is 5.92 Å². The predicted molar refractivity (Wildman–Crippen MR) is 72.5 cm³/mol. The molecule has 0 unspecified atom stereocenters. The minimum atomic E-state index is -0.301. The summed E-state index contributed by atoms with van der Waals surface area (Å²) in [4.78, 5) is 27.4. The highest BCUT2D eigenvalue weighted by Gasteiger charge is 2.34. The largest absolute Gasteiger partial charge is 0.469 e. The monoisotopic (exact) mass is 326 g/mol. The second-order valence-electron chi connectivity index (χ2n) is 4.59. The minimum absolute atomic E-state index is 0.154. The van der Waals surface area contributed by atoms with Crippen LogP contribution in [0.4, 0.5) is 0 Å². The molecule has 1 amide bonds. The summed E-state index contributed by atoms with van der Waals surface area (Å²) in [5.74, 6) is -0.137. The van der Waals surface area contributed by atoms with Crippen molar-refractivity contribution in [3.63, 3.8) is 0 Å². The van der Waals surface area contributed by atoms with E-state index in [4.69, 9.17) is 0 Å². The molecule has 1 atom stereocenters. The van der Waals surface area contributed by atoms with Crippen LogP contribution in [-0.4, -0.2) is 30.0 Å². The first kappa shape index (κ1) is 14.0. The van der Waals surface area contributed by atoms with Crippen LogP contribution < -0.4 is 5.32 Å². The van der Waals surface area contributed by atoms with Crippen LogP contribution in [0.25, 0.3) is 0 Å². The summed E-state index contributed by atoms with van der Waals surface area (Å²) in [6, 6.07) is 1.55. The van der Waals surface area contributed by atoms with Crippen LogP contribution >= 0.6 is 15.9 Å². The summed E-state index contributed by atoms with van der Waals surface area (Å²) in [6.07, 6.45) is 5.41. The number of nitrogens with one attached hydrogen (secondary N) is 1. The average molecular weight is 327 g/mol. The van der Waals surface area contributed by atoms with Gasteiger partial charge in [0, 0.05) is 22.9 Å². The Bertz CT molecular complexity index is 489. The van der Waals surface area contributed by atoms with Crippen molar-refractivity contribution in [1.29, 1.82) is 0 Å². The number of halogens is 1. The highest BCUT2D eigenvalue weighted by atomic mass is 79.9. The van der Waals surface area contributed by atoms with Crippen molar-refractivity contribution in [2.75, 3.05) is 7.11 Å². The number of aromatic nitrogens is 1. The van der Waals surface area contributed by atoms with Gasteiger partial charge < -0.3 is 10.1 Å². The fourth-order valence-electron chi connectivity index (χ4n) is 1.88. The van der Waals surface area contributed by atoms with E-state index >= 15 is 0 Å². The third kappa shape index (κ3) is 4.02. The molecule has 1 aromatic rings. The maximum absolute atomic E-state index is 12.1. The van der Waals surface area contributed by atoms with Gasteiger partial charge in [-0.3, -0.25) is 14.6 Å². The molecular formula is C13H15BrN2O3. The van der Waals surface area contributed by atoms with E-state index in [-0.39, 0.29) is 24.3 Å². The Kier molecular flexibility index (Phi) is 4.52. The molecule has 1 aromatic heterocycles. The number of amides is 1. The molecule has 1 heterocycles. The number of hydrogen-bond acceptors (Lipinski definition) is 4. The third-order valence-corrected chi connectivity index (χ3v) is 3.52. The van der Waals surface area contributed by atoms with Gasteiger partial charge in [0.15, 0.2) is 0 Å². The first-order chi connectivity index (χ1) is 9.10. The fraction of sp³-hybridized carbons (Fsp3) is 0.462. The third-order valence-electron chi connectivity index (χ3n) is 3.09. The zero-order valence-electron chi connectivity index (χ0n) is 10.6. The Labute approximate surface area is 119 Å². The molecule has 0 aliphatic heterocycles. The van der Waals surface area contributed by atoms with Crippen molar-refractivity contribution in [3.8, 4) is 0 Å². The normalized spacial score (nSPS) is 15.7. The lowest BCUT2D eigenvalue weighted by Gasteiger charge is -2.17. The number of ether oxygens (including phenoxy) is 1. The van der Waals surface area contributed by atoms with Crippen molar-refractivity contribution in [1.82, 2.24) is 10.3 Å². The molecule has 6 heteroatoms. The van der Waals surface area contributed by atoms with Crippen LogP contribution in [0.3, 0.4) is 0 Å². The Morgan fingerprint density at radius 3 is 2.84 bits per heavy atom. The topological polar surface area (TPSA) is 68.3 Å². The van der Waals surface area contributed by atoms with Gasteiger partial charge in [0.25, 0.3) is 5.91 Å². The average Bonchev–Trinajstić information content (AvgIpc) is 3.22. The quantitative estimate of drug-likeness (QED) is 0.839. The van der Waals surface area contributed by atoms with Crippen LogP contribution in [0, 0.1) is 5.92 Å². The van der Waals surface area contributed by atoms with Gasteiger partial charge >= 0.3 is 5.97 Å². The van der Waals surface area contributed by atoms with Gasteiger partial charge in [-0.15, -0.1) is 0 Å². The summed E-state index contributed by atoms with van der Waals surface area (Å²) < 4.78 is 5.40. The molecular weight excluding hydrogens is 312 g/mol. The lowest BCUT2D eigenvalue weighted by Crippen LogP contribution is -2.38. The van der Waals surface area contributed by atoms with Gasteiger partial charge in [0.2, 0.25) is 0 Å². The predicted octanol–water partition coefficient (Wildman–Crippen LogP) is 1.92. The van der Waals surface area contributed by atoms with Gasteiger partial charge in [0.05, 0.1) is 19.1 Å². The number of rotatable bonds is 5. The van der Waals surface area contributed by atoms with E-state index in [0.717, 1.165) is 17.3 Å². The molecule has 0 spiro atoms. The van der Waals surface area contributed by atoms with E-state index in [0.29, 0.717) is 11.5 Å². The molecule has 1 fully saturated rings. The minimum Gasteiger partial charge on any atom is -0.469 e. The van der Waals surface area contributed by atoms with Crippen molar-refractivity contribution < 1.29 is 14.3 Å². The van der Waals surface area contributed by atoms with E-state index in [1.165, 1.54) is 13.3 Å². The molecule has 19 heavy (non-hydrogen) atoms. The van der Waals surface area contributed by atoms with E-state index in [9.17, 15) is 9.59 Å². The summed E-state index contributed by atoms with van der Waals surface area (Å²) in [5.41, 5.74) is 0.477. The number of nitrogens with zero attached hydrogens (tertiary/aromatic N) is 1. The maximum Gasteiger partial charge on any atom is 0.307 e. The molecule has 1 N–H and O–H groups in total. The van der Waals surface area contributed by atoms with Crippen LogP contribution in [0.5, 0.6) is 0 Å². The zero-order chi connectivity index (χ0) is 13.8. The standard InChI is InChI=1S/C13H15BrN2O3/c1-19-12(17)5-11(8-2-3-8)16-13(18)9-4-10(14)7-15-6-9/h4,6-8,11H,2-3,5H2,1H3,(H,16,18)/t11-/m1/s1. The second-order valence-corrected chi connectivity index (χ2v) is 5.51. The van der Waals surface area contributed by atoms with E-state index in [1.54, 1.807) is 12.3 Å². The Morgan fingerprint density at radius 2 is 2.26 bits per heavy atom. The molecule has 1 aliphatic rings. The number of pyridine rings is 1. The second kappa shape index (κ2) is 6.14. The number of carbonyl (C=O) groups is 2. The van der Waals surface area contributed by atoms with Crippen LogP contribution in [0.15, 0.2) is 22.9 Å². The molecule has 5 nitrogen and oxygen atoms in total. The number of methoxy groups -OCH3 is 1. The van der Waals surface area contributed by atoms with E-state index in [1.807, 2.05) is 0 Å². The first-order valence-corrected chi connectivity index (χ1v) is 6.87. The first-order valence-electron chi connectivity index (χ1n) is 6.08. The summed E-state index contributed by atoms with van der Waals surface area (Å²) in [6.45, 7) is 0. The van der Waals surface area contributed by atoms with Crippen LogP contribution in [0.1, 0.15) is 29.6 Å². The van der Waals surface area contributed by atoms with E-state index in [2.05, 4.69) is 31.0 Å². The SMILES string of the molecule is COC(=O)C[C@@H](NC(=O)c1cncc(Br)c1)C1CC1. The summed E-state index contributed by atoms with van der Waals surface area (Å²) >= 11 is 3.27. The molecule has 102 valence electrons. The summed E-state index contributed by atoms with van der Waals surface area (Å²) in [7, 11) is 1.35. The fourth-order valence-corrected chi connectivity index (χ4v) is 2.25. The smallest absolute Gasteiger partial charge is 0.307 e. The Morgan fingerprint density at radius 1 is 1.53 bits per heavy atom. The highest BCUT2D eigenvalue weighted by Crippen LogP contribution is 2.34. The zero-order valence-corrected chi connectivity index (χ0v) is 12.1. The van der Waals surface area contributed by atoms with Gasteiger partial charge in [-0.2, -0.15) is 0 Å². The van der Waals surface area contributed by atoms with Gasteiger partial charge in [-0.05, 0) is 40.8 Å². The molecule has 1 saturated carbocycles. The molecule has 1 aliphatic carbocycles. The molecule has 2 rings (SSSR count). The van der Waals surface area contributed by atoms with Gasteiger partial charge in [-0.25, -0.2) is 0 Å². The molecule has 0 aromatic carbocycles. The lowest BCUT2D eigenvalue weighted by molar-refractivity contribution is -0.141. The van der Waals surface area contributed by atoms with E-state index < -0.39 is 0 Å². The lowest BCUT2D eigenvalue weighted by atomic mass is 10.1. The number of esters is 1. The summed E-state index contributed by atoms with van der Waals surface area (Å²) in [5, 5.41) is 2.89. The Hall–Kier alpha value is -1.43. The number of hydrogen-bond donors (Lipinski definition) is 1. The van der Waals surface area contributed by atoms with Crippen molar-refractivity contribution >= 4 is 27.8 Å². The molecule has 0 radical (unpaired) electrons. The Balaban J connectivity index is 2.00. The van der Waals surface area contributed by atoms with Crippen molar-refractivity contribution in [2.45, 2.75) is 25.3 Å². The molecule has 0 saturated heterocycles. The highest BCUT2D eigenvalue weighted by molar-refractivity contribution is 9.10. The number of carbonyl (C=O) groups excluding carboxylic acids is 2. The van der Waals surface area contributed by atoms with Crippen molar-refractivity contribution in [3.05, 3.63) is 28.5 Å².